The number of hydrogen-bond acceptors (Lipinski definition) is 3. The van der Waals surface area contributed by atoms with Crippen molar-refractivity contribution in [1.29, 1.82) is 0 Å². The van der Waals surface area contributed by atoms with Crippen molar-refractivity contribution >= 4 is 39.0 Å². The first-order valence-corrected chi connectivity index (χ1v) is 9.30. The van der Waals surface area contributed by atoms with Gasteiger partial charge in [-0.05, 0) is 36.1 Å². The lowest BCUT2D eigenvalue weighted by Crippen LogP contribution is -2.16. The minimum atomic E-state index is -0.286. The molecule has 0 atom stereocenters. The molecule has 0 aliphatic carbocycles. The second-order valence-corrected chi connectivity index (χ2v) is 7.16. The zero-order valence-electron chi connectivity index (χ0n) is 16.0. The number of amides is 1. The third kappa shape index (κ3) is 2.69. The van der Waals surface area contributed by atoms with E-state index in [4.69, 9.17) is 0 Å². The van der Waals surface area contributed by atoms with Crippen LogP contribution in [0.1, 0.15) is 16.1 Å². The van der Waals surface area contributed by atoms with Gasteiger partial charge >= 0.3 is 0 Å². The van der Waals surface area contributed by atoms with Crippen molar-refractivity contribution in [3.05, 3.63) is 88.5 Å². The Balaban J connectivity index is 1.63. The Kier molecular flexibility index (Phi) is 3.74. The summed E-state index contributed by atoms with van der Waals surface area (Å²) in [5.74, 6) is -0.286. The van der Waals surface area contributed by atoms with Crippen molar-refractivity contribution in [3.63, 3.8) is 0 Å². The van der Waals surface area contributed by atoms with Gasteiger partial charge in [0.05, 0.1) is 5.39 Å². The average Bonchev–Trinajstić information content (AvgIpc) is 3.06. The SMILES string of the molecule is Cc1ccc2nc3c(cc(C(=O)Nc4cccc5ccccc45)n3C)c(=O)n2c1. The van der Waals surface area contributed by atoms with Gasteiger partial charge in [-0.3, -0.25) is 14.0 Å². The number of nitrogens with one attached hydrogen (secondary N) is 1. The van der Waals surface area contributed by atoms with Crippen LogP contribution < -0.4 is 10.9 Å². The van der Waals surface area contributed by atoms with Crippen LogP contribution in [-0.2, 0) is 7.05 Å². The Bertz CT molecular complexity index is 1490. The van der Waals surface area contributed by atoms with Crippen molar-refractivity contribution in [1.82, 2.24) is 14.0 Å². The second kappa shape index (κ2) is 6.31. The zero-order valence-corrected chi connectivity index (χ0v) is 16.0. The number of carbonyl (C=O) groups is 1. The summed E-state index contributed by atoms with van der Waals surface area (Å²) in [6.45, 7) is 1.92. The van der Waals surface area contributed by atoms with E-state index in [1.54, 1.807) is 29.9 Å². The summed E-state index contributed by atoms with van der Waals surface area (Å²) in [7, 11) is 1.75. The van der Waals surface area contributed by atoms with Crippen LogP contribution in [0.25, 0.3) is 27.5 Å². The van der Waals surface area contributed by atoms with Gasteiger partial charge in [0, 0.05) is 24.3 Å². The van der Waals surface area contributed by atoms with Gasteiger partial charge in [0.1, 0.15) is 17.0 Å². The molecule has 29 heavy (non-hydrogen) atoms. The fraction of sp³-hybridized carbons (Fsp3) is 0.0870. The predicted molar refractivity (Wildman–Crippen MR) is 115 cm³/mol. The van der Waals surface area contributed by atoms with Crippen LogP contribution in [0.3, 0.4) is 0 Å². The van der Waals surface area contributed by atoms with E-state index in [0.29, 0.717) is 22.4 Å². The van der Waals surface area contributed by atoms with Crippen molar-refractivity contribution in [2.45, 2.75) is 6.92 Å². The number of aromatic nitrogens is 3. The Morgan fingerprint density at radius 3 is 2.66 bits per heavy atom. The molecular weight excluding hydrogens is 364 g/mol. The molecule has 5 rings (SSSR count). The van der Waals surface area contributed by atoms with Crippen LogP contribution >= 0.6 is 0 Å². The molecule has 0 unspecified atom stereocenters. The molecule has 0 saturated carbocycles. The normalized spacial score (nSPS) is 11.4. The molecule has 0 spiro atoms. The van der Waals surface area contributed by atoms with Crippen molar-refractivity contribution in [3.8, 4) is 0 Å². The van der Waals surface area contributed by atoms with E-state index < -0.39 is 0 Å². The van der Waals surface area contributed by atoms with Crippen LogP contribution in [0, 0.1) is 6.92 Å². The van der Waals surface area contributed by atoms with Crippen LogP contribution in [0.4, 0.5) is 5.69 Å². The summed E-state index contributed by atoms with van der Waals surface area (Å²) in [6, 6.07) is 19.0. The first-order chi connectivity index (χ1) is 14.0. The zero-order chi connectivity index (χ0) is 20.1. The highest BCUT2D eigenvalue weighted by molar-refractivity contribution is 6.10. The number of pyridine rings is 1. The molecule has 0 saturated heterocycles. The van der Waals surface area contributed by atoms with Gasteiger partial charge < -0.3 is 9.88 Å². The monoisotopic (exact) mass is 382 g/mol. The molecule has 1 N–H and O–H groups in total. The molecule has 6 nitrogen and oxygen atoms in total. The number of aryl methyl sites for hydroxylation is 2. The molecule has 1 amide bonds. The molecule has 0 radical (unpaired) electrons. The number of carbonyl (C=O) groups excluding carboxylic acids is 1. The largest absolute Gasteiger partial charge is 0.324 e. The maximum absolute atomic E-state index is 13.0. The van der Waals surface area contributed by atoms with Crippen molar-refractivity contribution < 1.29 is 4.79 Å². The summed E-state index contributed by atoms with van der Waals surface area (Å²) in [4.78, 5) is 30.6. The molecule has 6 heteroatoms. The Morgan fingerprint density at radius 1 is 1.00 bits per heavy atom. The van der Waals surface area contributed by atoms with Crippen LogP contribution in [0.2, 0.25) is 0 Å². The van der Waals surface area contributed by atoms with Gasteiger partial charge in [0.15, 0.2) is 0 Å². The van der Waals surface area contributed by atoms with Crippen molar-refractivity contribution in [2.24, 2.45) is 7.05 Å². The van der Waals surface area contributed by atoms with Gasteiger partial charge in [-0.15, -0.1) is 0 Å². The van der Waals surface area contributed by atoms with E-state index in [9.17, 15) is 9.59 Å². The average molecular weight is 382 g/mol. The fourth-order valence-electron chi connectivity index (χ4n) is 3.72. The lowest BCUT2D eigenvalue weighted by Gasteiger charge is -2.09. The summed E-state index contributed by atoms with van der Waals surface area (Å²) < 4.78 is 3.18. The van der Waals surface area contributed by atoms with Gasteiger partial charge in [0.25, 0.3) is 11.5 Å². The van der Waals surface area contributed by atoms with Gasteiger partial charge in [-0.2, -0.15) is 0 Å². The highest BCUT2D eigenvalue weighted by Gasteiger charge is 2.18. The van der Waals surface area contributed by atoms with E-state index in [2.05, 4.69) is 10.3 Å². The molecular formula is C23H18N4O2. The Morgan fingerprint density at radius 2 is 1.79 bits per heavy atom. The number of benzene rings is 2. The number of rotatable bonds is 2. The van der Waals surface area contributed by atoms with Crippen LogP contribution in [0.15, 0.2) is 71.7 Å². The molecule has 3 heterocycles. The molecule has 142 valence electrons. The summed E-state index contributed by atoms with van der Waals surface area (Å²) in [6.07, 6.45) is 1.76. The molecule has 0 aliphatic rings. The maximum atomic E-state index is 13.0. The predicted octanol–water partition coefficient (Wildman–Crippen LogP) is 3.90. The standard InChI is InChI=1S/C23H18N4O2/c1-14-10-11-20-25-21-17(23(29)27(20)13-14)12-19(26(21)2)22(28)24-18-9-5-7-15-6-3-4-8-16(15)18/h3-13H,1-2H3,(H,24,28). The number of nitrogens with zero attached hydrogens (tertiary/aromatic N) is 3. The Labute approximate surface area is 166 Å². The summed E-state index contributed by atoms with van der Waals surface area (Å²) in [5.41, 5.74) is 2.92. The fourth-order valence-corrected chi connectivity index (χ4v) is 3.72. The first kappa shape index (κ1) is 17.2. The molecule has 2 aromatic carbocycles. The van der Waals surface area contributed by atoms with E-state index in [-0.39, 0.29) is 11.5 Å². The first-order valence-electron chi connectivity index (χ1n) is 9.30. The molecule has 0 bridgehead atoms. The van der Waals surface area contributed by atoms with E-state index >= 15 is 0 Å². The van der Waals surface area contributed by atoms with Gasteiger partial charge in [-0.25, -0.2) is 4.98 Å². The third-order valence-electron chi connectivity index (χ3n) is 5.22. The molecule has 5 aromatic rings. The number of fused-ring (bicyclic) bond motifs is 3. The van der Waals surface area contributed by atoms with E-state index in [0.717, 1.165) is 22.0 Å². The molecule has 0 fully saturated rings. The Hall–Kier alpha value is -3.93. The third-order valence-corrected chi connectivity index (χ3v) is 5.22. The van der Waals surface area contributed by atoms with E-state index in [1.807, 2.05) is 55.5 Å². The lowest BCUT2D eigenvalue weighted by atomic mass is 10.1. The number of anilines is 1. The highest BCUT2D eigenvalue weighted by Crippen LogP contribution is 2.24. The van der Waals surface area contributed by atoms with Crippen LogP contribution in [-0.4, -0.2) is 19.9 Å². The summed E-state index contributed by atoms with van der Waals surface area (Å²) in [5, 5.41) is 5.40. The van der Waals surface area contributed by atoms with Gasteiger partial charge in [-0.1, -0.05) is 42.5 Å². The summed E-state index contributed by atoms with van der Waals surface area (Å²) >= 11 is 0. The maximum Gasteiger partial charge on any atom is 0.272 e. The van der Waals surface area contributed by atoms with Gasteiger partial charge in [0.2, 0.25) is 0 Å². The smallest absolute Gasteiger partial charge is 0.272 e. The highest BCUT2D eigenvalue weighted by atomic mass is 16.2. The topological polar surface area (TPSA) is 68.4 Å². The molecule has 3 aromatic heterocycles. The minimum absolute atomic E-state index is 0.187. The quantitative estimate of drug-likeness (QED) is 0.503. The van der Waals surface area contributed by atoms with Crippen LogP contribution in [0.5, 0.6) is 0 Å². The van der Waals surface area contributed by atoms with E-state index in [1.165, 1.54) is 4.40 Å². The minimum Gasteiger partial charge on any atom is -0.324 e. The van der Waals surface area contributed by atoms with Crippen molar-refractivity contribution in [2.75, 3.05) is 5.32 Å². The molecule has 0 aliphatic heterocycles. The second-order valence-electron chi connectivity index (χ2n) is 7.16. The lowest BCUT2D eigenvalue weighted by molar-refractivity contribution is 0.102. The number of hydrogen-bond donors (Lipinski definition) is 1.